The van der Waals surface area contributed by atoms with Crippen molar-refractivity contribution in [3.8, 4) is 0 Å². The van der Waals surface area contributed by atoms with Crippen molar-refractivity contribution in [2.45, 2.75) is 131 Å². The predicted molar refractivity (Wildman–Crippen MR) is 289 cm³/mol. The number of piperidine rings is 6. The number of rotatable bonds is 7. The van der Waals surface area contributed by atoms with Crippen LogP contribution in [-0.2, 0) is 18.8 Å². The van der Waals surface area contributed by atoms with Crippen molar-refractivity contribution in [2.24, 2.45) is 23.5 Å². The highest BCUT2D eigenvalue weighted by molar-refractivity contribution is 8.26. The second-order valence-corrected chi connectivity index (χ2v) is 27.0. The summed E-state index contributed by atoms with van der Waals surface area (Å²) in [6, 6.07) is 27.0. The molecule has 70 heavy (non-hydrogen) atoms. The third kappa shape index (κ3) is 11.4. The van der Waals surface area contributed by atoms with E-state index in [2.05, 4.69) is 103 Å². The van der Waals surface area contributed by atoms with E-state index in [9.17, 15) is 9.59 Å². The summed E-state index contributed by atoms with van der Waals surface area (Å²) in [7, 11) is 7.36. The van der Waals surface area contributed by atoms with Crippen LogP contribution >= 0.6 is 67.0 Å². The van der Waals surface area contributed by atoms with E-state index in [4.69, 9.17) is 31.1 Å². The van der Waals surface area contributed by atoms with Crippen LogP contribution in [-0.4, -0.2) is 74.5 Å². The number of fused-ring (bicyclic) bond motifs is 7. The average molecular weight is 1080 g/mol. The van der Waals surface area contributed by atoms with Crippen LogP contribution in [0.2, 0.25) is 0 Å². The fourth-order valence-electron chi connectivity index (χ4n) is 12.4. The molecule has 2 unspecified atom stereocenters. The van der Waals surface area contributed by atoms with Crippen molar-refractivity contribution in [3.05, 3.63) is 105 Å². The van der Waals surface area contributed by atoms with Crippen LogP contribution in [0.25, 0.3) is 30.3 Å². The van der Waals surface area contributed by atoms with E-state index >= 15 is 0 Å². The van der Waals surface area contributed by atoms with Crippen LogP contribution in [0.1, 0.15) is 150 Å². The third-order valence-corrected chi connectivity index (χ3v) is 20.3. The Morgan fingerprint density at radius 1 is 0.614 bits per heavy atom. The molecule has 3 aromatic carbocycles. The van der Waals surface area contributed by atoms with E-state index in [1.807, 2.05) is 17.4 Å². The fraction of sp³-hybridized carbons (Fsp3) is 0.509. The first-order valence-electron chi connectivity index (χ1n) is 25.1. The van der Waals surface area contributed by atoms with E-state index in [1.54, 1.807) is 16.9 Å². The molecule has 8 nitrogen and oxygen atoms in total. The molecule has 2 atom stereocenters. The highest BCUT2D eigenvalue weighted by atomic mass is 36.0. The van der Waals surface area contributed by atoms with Gasteiger partial charge in [-0.3, -0.25) is 19.4 Å². The van der Waals surface area contributed by atoms with Crippen molar-refractivity contribution in [1.82, 2.24) is 9.80 Å². The van der Waals surface area contributed by atoms with Crippen molar-refractivity contribution in [2.75, 3.05) is 26.2 Å². The standard InChI is InChI=1S/C22H25NOS.C12H9ClOS.C11H10S.C9H16N2.CO2.Cl2OS/c24-19(13-18-15-5-9-23(10-6-15)22(18)7-8-22)21-12-17-11-16(14-1-2-14)3-4-20(17)25-21;13-12(14)11-6-9-5-8(7-1-2-7)3-4-10(9)15-11;1-2-8(1)9-3-4-11-10(7-9)5-6-12-11;10-8-7-1-5-11(6-2-7)9(8)3-4-9;2-1-3;1-4(2)3/h3-4,11-12,14-15,18H,1-2,5-10,13H2;3-7H,1-2H2;3-8H,1-2H2;7-8H,1-6,10H2;;. The van der Waals surface area contributed by atoms with Gasteiger partial charge in [-0.15, -0.1) is 34.0 Å². The molecule has 2 spiro atoms. The Morgan fingerprint density at radius 2 is 1.04 bits per heavy atom. The first-order chi connectivity index (χ1) is 33.9. The highest BCUT2D eigenvalue weighted by Gasteiger charge is 2.61. The lowest BCUT2D eigenvalue weighted by atomic mass is 9.70. The predicted octanol–water partition coefficient (Wildman–Crippen LogP) is 14.2. The molecule has 11 fully saturated rings. The van der Waals surface area contributed by atoms with Gasteiger partial charge in [0.05, 0.1) is 9.75 Å². The molecule has 9 heterocycles. The number of ketones is 1. The summed E-state index contributed by atoms with van der Waals surface area (Å²) in [5.74, 6) is 5.10. The van der Waals surface area contributed by atoms with E-state index in [0.29, 0.717) is 33.7 Å². The van der Waals surface area contributed by atoms with Gasteiger partial charge in [-0.2, -0.15) is 9.59 Å². The molecule has 5 aliphatic carbocycles. The van der Waals surface area contributed by atoms with Crippen molar-refractivity contribution in [3.63, 3.8) is 0 Å². The van der Waals surface area contributed by atoms with Gasteiger partial charge >= 0.3 is 6.15 Å². The zero-order valence-corrected chi connectivity index (χ0v) is 44.8. The number of carbonyl (C=O) groups is 2. The minimum absolute atomic E-state index is 0.250. The van der Waals surface area contributed by atoms with E-state index in [-0.39, 0.29) is 11.4 Å². The molecule has 3 aromatic heterocycles. The molecule has 2 N–H and O–H groups in total. The summed E-state index contributed by atoms with van der Waals surface area (Å²) < 4.78 is 12.9. The fourth-order valence-corrected chi connectivity index (χ4v) is 15.2. The van der Waals surface area contributed by atoms with Crippen LogP contribution in [0, 0.1) is 17.8 Å². The largest absolute Gasteiger partial charge is 0.373 e. The van der Waals surface area contributed by atoms with E-state index in [0.717, 1.165) is 51.0 Å². The maximum atomic E-state index is 13.1. The minimum atomic E-state index is -1.67. The summed E-state index contributed by atoms with van der Waals surface area (Å²) in [6.07, 6.45) is 19.9. The lowest BCUT2D eigenvalue weighted by Crippen LogP contribution is -2.63. The first-order valence-corrected chi connectivity index (χ1v) is 30.8. The van der Waals surface area contributed by atoms with Crippen LogP contribution in [0.3, 0.4) is 0 Å². The van der Waals surface area contributed by atoms with Crippen LogP contribution < -0.4 is 5.73 Å². The first kappa shape index (κ1) is 50.7. The van der Waals surface area contributed by atoms with E-state index < -0.39 is 9.23 Å². The Balaban J connectivity index is 0.000000109. The summed E-state index contributed by atoms with van der Waals surface area (Å²) >= 11 is 10.5. The molecule has 6 saturated heterocycles. The molecular weight excluding hydrogens is 1020 g/mol. The zero-order valence-electron chi connectivity index (χ0n) is 39.3. The van der Waals surface area contributed by atoms with Crippen molar-refractivity contribution in [1.29, 1.82) is 0 Å². The Kier molecular flexibility index (Phi) is 15.6. The van der Waals surface area contributed by atoms with Gasteiger partial charge < -0.3 is 5.73 Å². The normalized spacial score (nSPS) is 26.6. The Bertz CT molecular complexity index is 2900. The lowest BCUT2D eigenvalue weighted by Gasteiger charge is -2.52. The van der Waals surface area contributed by atoms with Gasteiger partial charge in [0, 0.05) is 59.0 Å². The molecular formula is C55H60Cl3N3O5S4. The van der Waals surface area contributed by atoms with Crippen LogP contribution in [0.5, 0.6) is 0 Å². The number of hydrogen-bond donors (Lipinski definition) is 1. The van der Waals surface area contributed by atoms with Gasteiger partial charge in [0.2, 0.25) is 9.23 Å². The number of halogens is 3. The number of benzene rings is 3. The molecule has 5 saturated carbocycles. The number of Topliss-reactive ketones (excluding diaryl/α,β-unsaturated/α-hetero) is 1. The van der Waals surface area contributed by atoms with Gasteiger partial charge in [0.25, 0.3) is 5.24 Å². The molecule has 11 aliphatic rings. The molecule has 6 aromatic rings. The molecule has 0 radical (unpaired) electrons. The second kappa shape index (κ2) is 21.6. The summed E-state index contributed by atoms with van der Waals surface area (Å²) in [5.41, 5.74) is 11.6. The summed E-state index contributed by atoms with van der Waals surface area (Å²) in [4.78, 5) is 47.4. The van der Waals surface area contributed by atoms with E-state index in [1.165, 1.54) is 159 Å². The van der Waals surface area contributed by atoms with Crippen LogP contribution in [0.4, 0.5) is 0 Å². The van der Waals surface area contributed by atoms with Crippen LogP contribution in [0.15, 0.2) is 78.2 Å². The summed E-state index contributed by atoms with van der Waals surface area (Å²) in [6.45, 7) is 5.22. The average Bonchev–Trinajstić information content (AvgIpc) is 4.10. The lowest BCUT2D eigenvalue weighted by molar-refractivity contribution is -0.191. The quantitative estimate of drug-likeness (QED) is 0.124. The molecule has 0 amide bonds. The summed E-state index contributed by atoms with van der Waals surface area (Å²) in [5, 5.41) is 5.66. The SMILES string of the molecule is NC1C2CCN(CC2)C12CC2.O=C(CC1C2CCN(CC2)C12CC2)c1cc2cc(C3CC3)ccc2s1.O=C(Cl)c1cc2cc(C3CC3)ccc2s1.O=C=O.O=S(Cl)Cl.c1cc2cc(C3CC3)ccc2s1. The minimum Gasteiger partial charge on any atom is -0.326 e. The van der Waals surface area contributed by atoms with Gasteiger partial charge in [-0.05, 0) is 238 Å². The molecule has 4 bridgehead atoms. The second-order valence-electron chi connectivity index (χ2n) is 21.0. The smallest absolute Gasteiger partial charge is 0.326 e. The third-order valence-electron chi connectivity index (χ3n) is 16.8. The zero-order chi connectivity index (χ0) is 48.7. The van der Waals surface area contributed by atoms with Gasteiger partial charge in [-0.1, -0.05) is 36.4 Å². The molecule has 17 rings (SSSR count). The highest BCUT2D eigenvalue weighted by Crippen LogP contribution is 2.59. The maximum absolute atomic E-state index is 13.1. The van der Waals surface area contributed by atoms with Gasteiger partial charge in [0.15, 0.2) is 5.78 Å². The number of hydrogen-bond acceptors (Lipinski definition) is 11. The Morgan fingerprint density at radius 3 is 1.49 bits per heavy atom. The molecule has 6 aliphatic heterocycles. The van der Waals surface area contributed by atoms with Gasteiger partial charge in [-0.25, -0.2) is 4.21 Å². The monoisotopic (exact) mass is 1080 g/mol. The van der Waals surface area contributed by atoms with Gasteiger partial charge in [0.1, 0.15) is 0 Å². The number of nitrogens with zero attached hydrogens (tertiary/aromatic N) is 2. The van der Waals surface area contributed by atoms with Crippen molar-refractivity contribution >= 4 is 124 Å². The number of thiophene rings is 3. The van der Waals surface area contributed by atoms with Crippen molar-refractivity contribution < 1.29 is 23.4 Å². The maximum Gasteiger partial charge on any atom is 0.373 e. The Hall–Kier alpha value is -2.84. The Labute approximate surface area is 439 Å². The molecule has 370 valence electrons. The number of carbonyl (C=O) groups excluding carboxylic acids is 4. The molecule has 15 heteroatoms. The topological polar surface area (TPSA) is 118 Å². The number of nitrogens with two attached hydrogens (primary N) is 1.